The third-order valence-corrected chi connectivity index (χ3v) is 2.43. The number of aromatic hydroxyl groups is 1. The zero-order chi connectivity index (χ0) is 15.3. The molecular weight excluding hydrogens is 270 g/mol. The second-order valence-corrected chi connectivity index (χ2v) is 3.83. The van der Waals surface area contributed by atoms with Crippen molar-refractivity contribution in [2.75, 3.05) is 19.5 Å². The fourth-order valence-electron chi connectivity index (χ4n) is 1.44. The summed E-state index contributed by atoms with van der Waals surface area (Å²) in [6.07, 6.45) is -2.46. The van der Waals surface area contributed by atoms with Gasteiger partial charge in [-0.05, 0) is 0 Å². The number of hydrogen-bond acceptors (Lipinski definition) is 6. The van der Waals surface area contributed by atoms with Crippen molar-refractivity contribution >= 4 is 17.6 Å². The number of nitrogens with one attached hydrogen (secondary N) is 1. The van der Waals surface area contributed by atoms with E-state index in [-0.39, 0.29) is 22.9 Å². The molecule has 1 aromatic rings. The molecule has 0 aliphatic heterocycles. The predicted octanol–water partition coefficient (Wildman–Crippen LogP) is 0.183. The second kappa shape index (κ2) is 6.62. The lowest BCUT2D eigenvalue weighted by Gasteiger charge is -2.14. The number of ether oxygens (including phenoxy) is 2. The Bertz CT molecular complexity index is 515. The molecule has 0 saturated heterocycles. The van der Waals surface area contributed by atoms with Crippen molar-refractivity contribution in [3.8, 4) is 17.2 Å². The number of phenols is 1. The Balaban J connectivity index is 2.92. The van der Waals surface area contributed by atoms with Gasteiger partial charge in [-0.15, -0.1) is 0 Å². The molecule has 110 valence electrons. The fraction of sp³-hybridized carbons (Fsp3) is 0.333. The average Bonchev–Trinajstić information content (AvgIpc) is 2.39. The van der Waals surface area contributed by atoms with Gasteiger partial charge in [0, 0.05) is 12.1 Å². The van der Waals surface area contributed by atoms with Gasteiger partial charge in [0.2, 0.25) is 0 Å². The minimum atomic E-state index is -1.72. The summed E-state index contributed by atoms with van der Waals surface area (Å²) in [6.45, 7) is 0. The maximum atomic E-state index is 11.5. The lowest BCUT2D eigenvalue weighted by atomic mass is 10.2. The minimum absolute atomic E-state index is 0.0305. The average molecular weight is 285 g/mol. The van der Waals surface area contributed by atoms with Crippen molar-refractivity contribution < 1.29 is 34.4 Å². The summed E-state index contributed by atoms with van der Waals surface area (Å²) in [5.41, 5.74) is -0.0305. The van der Waals surface area contributed by atoms with Crippen molar-refractivity contribution in [1.82, 2.24) is 0 Å². The summed E-state index contributed by atoms with van der Waals surface area (Å²) in [5, 5.41) is 29.7. The molecule has 20 heavy (non-hydrogen) atoms. The largest absolute Gasteiger partial charge is 0.506 e. The van der Waals surface area contributed by atoms with Gasteiger partial charge in [0.1, 0.15) is 11.9 Å². The number of amides is 1. The first-order valence-electron chi connectivity index (χ1n) is 5.54. The van der Waals surface area contributed by atoms with Crippen molar-refractivity contribution in [3.05, 3.63) is 12.1 Å². The molecular formula is C12H15NO7. The third kappa shape index (κ3) is 3.75. The van der Waals surface area contributed by atoms with Crippen molar-refractivity contribution in [1.29, 1.82) is 0 Å². The molecule has 1 amide bonds. The van der Waals surface area contributed by atoms with E-state index in [9.17, 15) is 19.8 Å². The summed E-state index contributed by atoms with van der Waals surface area (Å²) in [6, 6.07) is 2.51. The molecule has 0 aromatic heterocycles. The number of benzene rings is 1. The minimum Gasteiger partial charge on any atom is -0.506 e. The predicted molar refractivity (Wildman–Crippen MR) is 68.1 cm³/mol. The Hall–Kier alpha value is -2.48. The molecule has 1 atom stereocenters. The molecule has 0 heterocycles. The molecule has 0 radical (unpaired) electrons. The molecule has 0 spiro atoms. The smallest absolute Gasteiger partial charge is 0.306 e. The van der Waals surface area contributed by atoms with E-state index in [1.54, 1.807) is 0 Å². The zero-order valence-corrected chi connectivity index (χ0v) is 10.9. The highest BCUT2D eigenvalue weighted by Crippen LogP contribution is 2.37. The lowest BCUT2D eigenvalue weighted by molar-refractivity contribution is -0.142. The van der Waals surface area contributed by atoms with E-state index < -0.39 is 24.4 Å². The van der Waals surface area contributed by atoms with Crippen LogP contribution in [0.1, 0.15) is 6.42 Å². The van der Waals surface area contributed by atoms with Crippen LogP contribution in [0.2, 0.25) is 0 Å². The van der Waals surface area contributed by atoms with E-state index in [4.69, 9.17) is 14.6 Å². The lowest BCUT2D eigenvalue weighted by Crippen LogP contribution is -2.29. The number of carboxylic acid groups (broad SMARTS) is 1. The quantitative estimate of drug-likeness (QED) is 0.549. The number of aliphatic carboxylic acids is 1. The number of rotatable bonds is 6. The molecule has 0 bridgehead atoms. The fourth-order valence-corrected chi connectivity index (χ4v) is 1.44. The van der Waals surface area contributed by atoms with Gasteiger partial charge in [-0.2, -0.15) is 0 Å². The molecule has 0 aliphatic rings. The highest BCUT2D eigenvalue weighted by molar-refractivity contribution is 5.97. The van der Waals surface area contributed by atoms with Crippen LogP contribution in [0.25, 0.3) is 0 Å². The van der Waals surface area contributed by atoms with Crippen LogP contribution < -0.4 is 14.8 Å². The molecule has 4 N–H and O–H groups in total. The number of carbonyl (C=O) groups excluding carboxylic acids is 1. The van der Waals surface area contributed by atoms with Crippen LogP contribution in [0.15, 0.2) is 12.1 Å². The number of carbonyl (C=O) groups is 2. The maximum Gasteiger partial charge on any atom is 0.306 e. The number of carboxylic acids is 1. The number of methoxy groups -OCH3 is 2. The van der Waals surface area contributed by atoms with Crippen LogP contribution in [0.5, 0.6) is 17.2 Å². The first-order chi connectivity index (χ1) is 9.38. The Morgan fingerprint density at radius 2 is 1.80 bits per heavy atom. The van der Waals surface area contributed by atoms with Crippen LogP contribution >= 0.6 is 0 Å². The maximum absolute atomic E-state index is 11.5. The van der Waals surface area contributed by atoms with Gasteiger partial charge in [-0.25, -0.2) is 0 Å². The van der Waals surface area contributed by atoms with E-state index in [2.05, 4.69) is 5.32 Å². The van der Waals surface area contributed by atoms with Crippen LogP contribution in [0.3, 0.4) is 0 Å². The van der Waals surface area contributed by atoms with Gasteiger partial charge in [0.15, 0.2) is 11.5 Å². The normalized spacial score (nSPS) is 11.6. The Morgan fingerprint density at radius 1 is 1.25 bits per heavy atom. The number of aliphatic hydroxyl groups is 1. The van der Waals surface area contributed by atoms with Gasteiger partial charge >= 0.3 is 5.97 Å². The highest BCUT2D eigenvalue weighted by Gasteiger charge is 2.20. The van der Waals surface area contributed by atoms with E-state index in [0.29, 0.717) is 0 Å². The molecule has 0 fully saturated rings. The first-order valence-corrected chi connectivity index (χ1v) is 5.54. The standard InChI is InChI=1S/C12H15NO7/c1-19-9-3-6(7(14)4-10(9)20-2)13-12(18)8(15)5-11(16)17/h3-4,8,14-15H,5H2,1-2H3,(H,13,18)(H,16,17)/t8-/m0/s1. The second-order valence-electron chi connectivity index (χ2n) is 3.83. The summed E-state index contributed by atoms with van der Waals surface area (Å²) < 4.78 is 9.95. The van der Waals surface area contributed by atoms with E-state index in [1.807, 2.05) is 0 Å². The number of aliphatic hydroxyl groups excluding tert-OH is 1. The first kappa shape index (κ1) is 15.6. The molecule has 0 saturated carbocycles. The van der Waals surface area contributed by atoms with E-state index >= 15 is 0 Å². The summed E-state index contributed by atoms with van der Waals surface area (Å²) in [5.74, 6) is -2.06. The van der Waals surface area contributed by atoms with E-state index in [0.717, 1.165) is 0 Å². The molecule has 0 unspecified atom stereocenters. The third-order valence-electron chi connectivity index (χ3n) is 2.43. The Morgan fingerprint density at radius 3 is 2.30 bits per heavy atom. The van der Waals surface area contributed by atoms with Gasteiger partial charge in [-0.1, -0.05) is 0 Å². The molecule has 8 nitrogen and oxygen atoms in total. The summed E-state index contributed by atoms with van der Waals surface area (Å²) in [7, 11) is 2.76. The van der Waals surface area contributed by atoms with Crippen molar-refractivity contribution in [3.63, 3.8) is 0 Å². The summed E-state index contributed by atoms with van der Waals surface area (Å²) >= 11 is 0. The van der Waals surface area contributed by atoms with Crippen LogP contribution in [0.4, 0.5) is 5.69 Å². The van der Waals surface area contributed by atoms with Crippen molar-refractivity contribution in [2.24, 2.45) is 0 Å². The van der Waals surface area contributed by atoms with Crippen LogP contribution in [-0.4, -0.2) is 47.5 Å². The van der Waals surface area contributed by atoms with Gasteiger partial charge < -0.3 is 30.1 Å². The summed E-state index contributed by atoms with van der Waals surface area (Å²) in [4.78, 5) is 21.9. The Kier molecular flexibility index (Phi) is 5.15. The topological polar surface area (TPSA) is 125 Å². The molecule has 8 heteroatoms. The monoisotopic (exact) mass is 285 g/mol. The van der Waals surface area contributed by atoms with Gasteiger partial charge in [-0.3, -0.25) is 9.59 Å². The SMILES string of the molecule is COc1cc(O)c(NC(=O)[C@@H](O)CC(=O)O)cc1OC. The zero-order valence-electron chi connectivity index (χ0n) is 10.9. The molecule has 1 rings (SSSR count). The van der Waals surface area contributed by atoms with Gasteiger partial charge in [0.25, 0.3) is 5.91 Å². The highest BCUT2D eigenvalue weighted by atomic mass is 16.5. The van der Waals surface area contributed by atoms with E-state index in [1.165, 1.54) is 26.4 Å². The number of hydrogen-bond donors (Lipinski definition) is 4. The molecule has 1 aromatic carbocycles. The van der Waals surface area contributed by atoms with Crippen LogP contribution in [0, 0.1) is 0 Å². The van der Waals surface area contributed by atoms with Crippen LogP contribution in [-0.2, 0) is 9.59 Å². The molecule has 0 aliphatic carbocycles. The number of anilines is 1. The number of phenolic OH excluding ortho intramolecular Hbond substituents is 1. The van der Waals surface area contributed by atoms with Gasteiger partial charge in [0.05, 0.1) is 26.3 Å². The Labute approximate surface area is 114 Å². The van der Waals surface area contributed by atoms with Crippen molar-refractivity contribution in [2.45, 2.75) is 12.5 Å².